The van der Waals surface area contributed by atoms with Crippen LogP contribution in [0.4, 0.5) is 0 Å². The first-order chi connectivity index (χ1) is 11.7. The summed E-state index contributed by atoms with van der Waals surface area (Å²) in [6.07, 6.45) is 8.06. The number of nitrogens with zero attached hydrogens (tertiary/aromatic N) is 4. The summed E-state index contributed by atoms with van der Waals surface area (Å²) in [6.45, 7) is 4.04. The van der Waals surface area contributed by atoms with Crippen LogP contribution in [0.15, 0.2) is 48.9 Å². The first kappa shape index (κ1) is 15.0. The van der Waals surface area contributed by atoms with E-state index in [0.717, 1.165) is 37.0 Å². The number of amides is 1. The molecule has 1 amide bonds. The van der Waals surface area contributed by atoms with Crippen molar-refractivity contribution in [2.75, 3.05) is 13.1 Å². The Morgan fingerprint density at radius 3 is 3.00 bits per heavy atom. The number of aromatic nitrogens is 3. The second kappa shape index (κ2) is 6.15. The van der Waals surface area contributed by atoms with E-state index in [4.69, 9.17) is 0 Å². The third kappa shape index (κ3) is 2.82. The quantitative estimate of drug-likeness (QED) is 0.744. The summed E-state index contributed by atoms with van der Waals surface area (Å²) in [5.74, 6) is 0.185. The molecule has 0 radical (unpaired) electrons. The van der Waals surface area contributed by atoms with Crippen LogP contribution in [0.25, 0.3) is 10.9 Å². The average Bonchev–Trinajstić information content (AvgIpc) is 3.22. The molecular weight excluding hydrogens is 300 g/mol. The van der Waals surface area contributed by atoms with Gasteiger partial charge in [0.05, 0.1) is 12.2 Å². The minimum atomic E-state index is 0.185. The monoisotopic (exact) mass is 322 g/mol. The van der Waals surface area contributed by atoms with Gasteiger partial charge in [0.15, 0.2) is 0 Å². The number of likely N-dealkylation sites (tertiary alicyclic amines) is 1. The van der Waals surface area contributed by atoms with E-state index >= 15 is 0 Å². The van der Waals surface area contributed by atoms with E-state index in [9.17, 15) is 4.79 Å². The predicted octanol–water partition coefficient (Wildman–Crippen LogP) is 3.01. The number of benzene rings is 1. The smallest absolute Gasteiger partial charge is 0.242 e. The first-order valence-electron chi connectivity index (χ1n) is 8.53. The molecule has 5 nitrogen and oxygen atoms in total. The van der Waals surface area contributed by atoms with Gasteiger partial charge in [-0.05, 0) is 42.8 Å². The van der Waals surface area contributed by atoms with Crippen molar-refractivity contribution in [2.45, 2.75) is 32.4 Å². The zero-order valence-corrected chi connectivity index (χ0v) is 13.9. The van der Waals surface area contributed by atoms with Gasteiger partial charge in [0, 0.05) is 31.0 Å². The highest BCUT2D eigenvalue weighted by atomic mass is 16.2. The molecule has 3 aromatic rings. The summed E-state index contributed by atoms with van der Waals surface area (Å²) in [4.78, 5) is 14.8. The number of para-hydroxylation sites is 1. The zero-order valence-electron chi connectivity index (χ0n) is 13.9. The SMILES string of the molecule is Cc1cnn([C@@H]2CCCN(C(=O)Cn3ccc4ccccc43)C2)c1. The summed E-state index contributed by atoms with van der Waals surface area (Å²) >= 11 is 0. The standard InChI is InChI=1S/C19H22N4O/c1-15-11-20-23(12-15)17-6-4-9-22(13-17)19(24)14-21-10-8-16-5-2-3-7-18(16)21/h2-3,5,7-8,10-12,17H,4,6,9,13-14H2,1H3/t17-/m1/s1. The van der Waals surface area contributed by atoms with Crippen LogP contribution in [-0.4, -0.2) is 38.2 Å². The highest BCUT2D eigenvalue weighted by molar-refractivity contribution is 5.83. The van der Waals surface area contributed by atoms with Crippen LogP contribution in [0.3, 0.4) is 0 Å². The van der Waals surface area contributed by atoms with Crippen molar-refractivity contribution < 1.29 is 4.79 Å². The lowest BCUT2D eigenvalue weighted by atomic mass is 10.1. The Labute approximate surface area is 141 Å². The van der Waals surface area contributed by atoms with E-state index in [0.29, 0.717) is 6.54 Å². The molecule has 1 aromatic carbocycles. The number of piperidine rings is 1. The molecule has 0 saturated carbocycles. The van der Waals surface area contributed by atoms with Crippen LogP contribution >= 0.6 is 0 Å². The molecule has 2 aromatic heterocycles. The van der Waals surface area contributed by atoms with Crippen molar-refractivity contribution in [1.82, 2.24) is 19.2 Å². The maximum atomic E-state index is 12.8. The number of rotatable bonds is 3. The maximum absolute atomic E-state index is 12.8. The van der Waals surface area contributed by atoms with Gasteiger partial charge in [-0.2, -0.15) is 5.10 Å². The van der Waals surface area contributed by atoms with Crippen molar-refractivity contribution in [1.29, 1.82) is 0 Å². The highest BCUT2D eigenvalue weighted by Crippen LogP contribution is 2.22. The fraction of sp³-hybridized carbons (Fsp3) is 0.368. The molecule has 4 rings (SSSR count). The molecule has 1 saturated heterocycles. The van der Waals surface area contributed by atoms with Gasteiger partial charge in [-0.25, -0.2) is 0 Å². The first-order valence-corrected chi connectivity index (χ1v) is 8.53. The van der Waals surface area contributed by atoms with E-state index < -0.39 is 0 Å². The van der Waals surface area contributed by atoms with E-state index in [1.807, 2.05) is 45.6 Å². The van der Waals surface area contributed by atoms with Gasteiger partial charge in [-0.1, -0.05) is 18.2 Å². The number of aryl methyl sites for hydroxylation is 1. The number of fused-ring (bicyclic) bond motifs is 1. The molecule has 0 spiro atoms. The van der Waals surface area contributed by atoms with Crippen molar-refractivity contribution in [2.24, 2.45) is 0 Å². The Morgan fingerprint density at radius 1 is 1.29 bits per heavy atom. The second-order valence-electron chi connectivity index (χ2n) is 6.64. The molecule has 5 heteroatoms. The molecule has 0 N–H and O–H groups in total. The Balaban J connectivity index is 1.48. The normalized spacial score (nSPS) is 18.2. The van der Waals surface area contributed by atoms with Gasteiger partial charge in [-0.15, -0.1) is 0 Å². The number of carbonyl (C=O) groups is 1. The fourth-order valence-corrected chi connectivity index (χ4v) is 3.55. The maximum Gasteiger partial charge on any atom is 0.242 e. The predicted molar refractivity (Wildman–Crippen MR) is 93.8 cm³/mol. The van der Waals surface area contributed by atoms with E-state index in [1.54, 1.807) is 0 Å². The highest BCUT2D eigenvalue weighted by Gasteiger charge is 2.25. The number of hydrogen-bond acceptors (Lipinski definition) is 2. The Morgan fingerprint density at radius 2 is 2.17 bits per heavy atom. The molecule has 0 unspecified atom stereocenters. The molecule has 124 valence electrons. The molecule has 1 aliphatic heterocycles. The molecule has 24 heavy (non-hydrogen) atoms. The lowest BCUT2D eigenvalue weighted by Gasteiger charge is -2.33. The summed E-state index contributed by atoms with van der Waals surface area (Å²) in [6, 6.07) is 10.5. The van der Waals surface area contributed by atoms with Gasteiger partial charge in [0.1, 0.15) is 6.54 Å². The van der Waals surface area contributed by atoms with E-state index in [1.165, 1.54) is 5.39 Å². The van der Waals surface area contributed by atoms with Crippen molar-refractivity contribution in [3.63, 3.8) is 0 Å². The van der Waals surface area contributed by atoms with E-state index in [2.05, 4.69) is 29.5 Å². The van der Waals surface area contributed by atoms with Gasteiger partial charge in [0.2, 0.25) is 5.91 Å². The molecule has 1 fully saturated rings. The topological polar surface area (TPSA) is 43.1 Å². The molecule has 1 aliphatic rings. The van der Waals surface area contributed by atoms with Crippen LogP contribution in [0.1, 0.15) is 24.4 Å². The molecular formula is C19H22N4O. The van der Waals surface area contributed by atoms with Crippen molar-refractivity contribution >= 4 is 16.8 Å². The largest absolute Gasteiger partial charge is 0.339 e. The average molecular weight is 322 g/mol. The Hall–Kier alpha value is -2.56. The van der Waals surface area contributed by atoms with Gasteiger partial charge >= 0.3 is 0 Å². The van der Waals surface area contributed by atoms with Crippen LogP contribution < -0.4 is 0 Å². The molecule has 3 heterocycles. The van der Waals surface area contributed by atoms with Crippen LogP contribution in [0, 0.1) is 6.92 Å². The Kier molecular flexibility index (Phi) is 3.84. The minimum Gasteiger partial charge on any atom is -0.339 e. The second-order valence-corrected chi connectivity index (χ2v) is 6.64. The minimum absolute atomic E-state index is 0.185. The Bertz CT molecular complexity index is 863. The number of carbonyl (C=O) groups excluding carboxylic acids is 1. The molecule has 0 bridgehead atoms. The molecule has 1 atom stereocenters. The third-order valence-electron chi connectivity index (χ3n) is 4.84. The van der Waals surface area contributed by atoms with Gasteiger partial charge < -0.3 is 9.47 Å². The van der Waals surface area contributed by atoms with Crippen LogP contribution in [0.2, 0.25) is 0 Å². The van der Waals surface area contributed by atoms with Gasteiger partial charge in [-0.3, -0.25) is 9.48 Å². The van der Waals surface area contributed by atoms with Crippen molar-refractivity contribution in [3.8, 4) is 0 Å². The number of hydrogen-bond donors (Lipinski definition) is 0. The van der Waals surface area contributed by atoms with E-state index in [-0.39, 0.29) is 11.9 Å². The fourth-order valence-electron chi connectivity index (χ4n) is 3.55. The summed E-state index contributed by atoms with van der Waals surface area (Å²) in [5.41, 5.74) is 2.28. The zero-order chi connectivity index (χ0) is 16.5. The van der Waals surface area contributed by atoms with Crippen molar-refractivity contribution in [3.05, 3.63) is 54.5 Å². The molecule has 0 aliphatic carbocycles. The van der Waals surface area contributed by atoms with Crippen LogP contribution in [-0.2, 0) is 11.3 Å². The lowest BCUT2D eigenvalue weighted by Crippen LogP contribution is -2.42. The summed E-state index contributed by atoms with van der Waals surface area (Å²) in [5, 5.41) is 5.60. The summed E-state index contributed by atoms with van der Waals surface area (Å²) < 4.78 is 4.05. The third-order valence-corrected chi connectivity index (χ3v) is 4.84. The lowest BCUT2D eigenvalue weighted by molar-refractivity contribution is -0.133. The summed E-state index contributed by atoms with van der Waals surface area (Å²) in [7, 11) is 0. The van der Waals surface area contributed by atoms with Gasteiger partial charge in [0.25, 0.3) is 0 Å². The van der Waals surface area contributed by atoms with Crippen LogP contribution in [0.5, 0.6) is 0 Å².